The normalized spacial score (nSPS) is 12.9. The molecule has 0 bridgehead atoms. The average molecular weight is 584 g/mol. The SMILES string of the molecule is Cc1nc(-c2ccc(OC(F)(F)F)cc2)c(-c2cc(-c3cccc(S(C)(=O)=O)c3)ccc2-n2ccc(C(C)O)n2)o1. The van der Waals surface area contributed by atoms with E-state index >= 15 is 0 Å². The van der Waals surface area contributed by atoms with Gasteiger partial charge in [0.1, 0.15) is 11.4 Å². The number of aliphatic hydroxyl groups is 1. The highest BCUT2D eigenvalue weighted by Crippen LogP contribution is 2.39. The van der Waals surface area contributed by atoms with E-state index in [9.17, 15) is 26.7 Å². The molecule has 41 heavy (non-hydrogen) atoms. The van der Waals surface area contributed by atoms with Crippen LogP contribution in [0.4, 0.5) is 13.2 Å². The number of alkyl halides is 3. The fraction of sp³-hybridized carbons (Fsp3) is 0.172. The zero-order chi connectivity index (χ0) is 29.5. The van der Waals surface area contributed by atoms with Crippen molar-refractivity contribution in [3.63, 3.8) is 0 Å². The van der Waals surface area contributed by atoms with E-state index in [2.05, 4.69) is 14.8 Å². The largest absolute Gasteiger partial charge is 0.573 e. The van der Waals surface area contributed by atoms with Crippen molar-refractivity contribution < 1.29 is 35.8 Å². The summed E-state index contributed by atoms with van der Waals surface area (Å²) in [5, 5.41) is 14.5. The summed E-state index contributed by atoms with van der Waals surface area (Å²) in [6, 6.07) is 18.8. The summed E-state index contributed by atoms with van der Waals surface area (Å²) in [6.45, 7) is 3.24. The van der Waals surface area contributed by atoms with Crippen molar-refractivity contribution >= 4 is 9.84 Å². The number of aliphatic hydroxyl groups excluding tert-OH is 1. The van der Waals surface area contributed by atoms with Gasteiger partial charge in [-0.25, -0.2) is 18.1 Å². The quantitative estimate of drug-likeness (QED) is 0.232. The molecule has 1 unspecified atom stereocenters. The highest BCUT2D eigenvalue weighted by atomic mass is 32.2. The molecule has 8 nitrogen and oxygen atoms in total. The smallest absolute Gasteiger partial charge is 0.440 e. The van der Waals surface area contributed by atoms with Crippen molar-refractivity contribution in [1.29, 1.82) is 0 Å². The first kappa shape index (κ1) is 28.1. The molecule has 1 atom stereocenters. The zero-order valence-electron chi connectivity index (χ0n) is 22.0. The van der Waals surface area contributed by atoms with Crippen molar-refractivity contribution in [1.82, 2.24) is 14.8 Å². The molecule has 212 valence electrons. The van der Waals surface area contributed by atoms with Gasteiger partial charge in [0, 0.05) is 30.5 Å². The molecule has 0 aliphatic heterocycles. The summed E-state index contributed by atoms with van der Waals surface area (Å²) in [4.78, 5) is 4.66. The van der Waals surface area contributed by atoms with Crippen LogP contribution in [0.25, 0.3) is 39.4 Å². The highest BCUT2D eigenvalue weighted by molar-refractivity contribution is 7.90. The first-order valence-electron chi connectivity index (χ1n) is 12.3. The number of rotatable bonds is 7. The fourth-order valence-electron chi connectivity index (χ4n) is 4.32. The van der Waals surface area contributed by atoms with Crippen LogP contribution in [0.5, 0.6) is 5.75 Å². The molecule has 2 heterocycles. The van der Waals surface area contributed by atoms with Crippen LogP contribution in [0.1, 0.15) is 24.6 Å². The second-order valence-corrected chi connectivity index (χ2v) is 11.4. The van der Waals surface area contributed by atoms with Crippen molar-refractivity contribution in [2.45, 2.75) is 31.2 Å². The first-order chi connectivity index (χ1) is 19.3. The lowest BCUT2D eigenvalue weighted by Crippen LogP contribution is -2.16. The fourth-order valence-corrected chi connectivity index (χ4v) is 4.99. The molecule has 0 saturated carbocycles. The second kappa shape index (κ2) is 10.5. The van der Waals surface area contributed by atoms with Gasteiger partial charge < -0.3 is 14.3 Å². The first-order valence-corrected chi connectivity index (χ1v) is 14.2. The zero-order valence-corrected chi connectivity index (χ0v) is 22.9. The summed E-state index contributed by atoms with van der Waals surface area (Å²) in [7, 11) is -3.45. The van der Waals surface area contributed by atoms with Crippen LogP contribution in [0.2, 0.25) is 0 Å². The van der Waals surface area contributed by atoms with Crippen LogP contribution in [-0.4, -0.2) is 40.9 Å². The van der Waals surface area contributed by atoms with Gasteiger partial charge in [-0.2, -0.15) is 5.10 Å². The Balaban J connectivity index is 1.68. The number of hydrogen-bond donors (Lipinski definition) is 1. The van der Waals surface area contributed by atoms with Crippen molar-refractivity contribution in [3.05, 3.63) is 90.6 Å². The summed E-state index contributed by atoms with van der Waals surface area (Å²) in [6.07, 6.45) is -2.82. The molecule has 0 saturated heterocycles. The average Bonchev–Trinajstić information content (AvgIpc) is 3.55. The van der Waals surface area contributed by atoms with Gasteiger partial charge >= 0.3 is 6.36 Å². The number of benzene rings is 3. The Labute approximate surface area is 233 Å². The van der Waals surface area contributed by atoms with E-state index in [1.165, 1.54) is 30.3 Å². The maximum atomic E-state index is 12.7. The molecule has 12 heteroatoms. The van der Waals surface area contributed by atoms with Crippen molar-refractivity contribution in [3.8, 4) is 45.1 Å². The van der Waals surface area contributed by atoms with Gasteiger partial charge in [-0.15, -0.1) is 13.2 Å². The second-order valence-electron chi connectivity index (χ2n) is 9.38. The molecule has 0 spiro atoms. The number of oxazole rings is 1. The van der Waals surface area contributed by atoms with Gasteiger partial charge in [0.15, 0.2) is 21.5 Å². The highest BCUT2D eigenvalue weighted by Gasteiger charge is 2.31. The third-order valence-corrected chi connectivity index (χ3v) is 7.33. The van der Waals surface area contributed by atoms with E-state index in [0.29, 0.717) is 51.0 Å². The molecular formula is C29H24F3N3O5S. The monoisotopic (exact) mass is 583 g/mol. The molecule has 3 aromatic carbocycles. The van der Waals surface area contributed by atoms with Crippen LogP contribution >= 0.6 is 0 Å². The number of nitrogens with zero attached hydrogens (tertiary/aromatic N) is 3. The minimum Gasteiger partial charge on any atom is -0.440 e. The van der Waals surface area contributed by atoms with Gasteiger partial charge in [-0.05, 0) is 72.6 Å². The van der Waals surface area contributed by atoms with Crippen molar-refractivity contribution in [2.24, 2.45) is 0 Å². The molecule has 5 rings (SSSR count). The molecule has 0 fully saturated rings. The van der Waals surface area contributed by atoms with Crippen LogP contribution in [-0.2, 0) is 9.84 Å². The predicted octanol–water partition coefficient (Wildman–Crippen LogP) is 6.53. The van der Waals surface area contributed by atoms with Crippen molar-refractivity contribution in [2.75, 3.05) is 6.26 Å². The maximum absolute atomic E-state index is 12.7. The van der Waals surface area contributed by atoms with Crippen LogP contribution in [0.3, 0.4) is 0 Å². The van der Waals surface area contributed by atoms with E-state index in [-0.39, 0.29) is 10.6 Å². The molecule has 2 aromatic heterocycles. The van der Waals surface area contributed by atoms with E-state index in [0.717, 1.165) is 6.26 Å². The predicted molar refractivity (Wildman–Crippen MR) is 145 cm³/mol. The van der Waals surface area contributed by atoms with Gasteiger partial charge in [-0.1, -0.05) is 18.2 Å². The van der Waals surface area contributed by atoms with Crippen LogP contribution < -0.4 is 4.74 Å². The summed E-state index contributed by atoms with van der Waals surface area (Å²) in [5.41, 5.74) is 3.69. The Morgan fingerprint density at radius 3 is 2.29 bits per heavy atom. The van der Waals surface area contributed by atoms with Gasteiger partial charge in [0.2, 0.25) is 0 Å². The summed E-state index contributed by atoms with van der Waals surface area (Å²) >= 11 is 0. The van der Waals surface area contributed by atoms with E-state index in [4.69, 9.17) is 4.42 Å². The lowest BCUT2D eigenvalue weighted by Gasteiger charge is -2.13. The van der Waals surface area contributed by atoms with Gasteiger partial charge in [0.25, 0.3) is 0 Å². The van der Waals surface area contributed by atoms with E-state index < -0.39 is 22.3 Å². The Morgan fingerprint density at radius 2 is 1.66 bits per heavy atom. The third kappa shape index (κ3) is 6.18. The summed E-state index contributed by atoms with van der Waals surface area (Å²) in [5.74, 6) is 0.252. The minimum absolute atomic E-state index is 0.159. The molecule has 0 amide bonds. The molecule has 5 aromatic rings. The Kier molecular flexibility index (Phi) is 7.22. The molecule has 1 N–H and O–H groups in total. The number of ether oxygens (including phenoxy) is 1. The lowest BCUT2D eigenvalue weighted by atomic mass is 9.98. The Bertz CT molecular complexity index is 1830. The van der Waals surface area contributed by atoms with E-state index in [1.807, 2.05) is 0 Å². The topological polar surface area (TPSA) is 107 Å². The molecule has 0 aliphatic rings. The minimum atomic E-state index is -4.82. The number of aryl methyl sites for hydroxylation is 1. The maximum Gasteiger partial charge on any atom is 0.573 e. The Morgan fingerprint density at radius 1 is 0.976 bits per heavy atom. The Hall–Kier alpha value is -4.42. The number of sulfone groups is 1. The molecular weight excluding hydrogens is 559 g/mol. The number of halogens is 3. The standard InChI is InChI=1S/C29H24F3N3O5S/c1-17(36)25-13-14-35(34-25)26-12-9-21(20-5-4-6-23(15-20)41(3,37)38)16-24(26)28-27(33-18(2)39-28)19-7-10-22(11-8-19)40-29(30,31)32/h4-17,36H,1-3H3. The lowest BCUT2D eigenvalue weighted by molar-refractivity contribution is -0.274. The number of hydrogen-bond acceptors (Lipinski definition) is 7. The third-order valence-electron chi connectivity index (χ3n) is 6.22. The van der Waals surface area contributed by atoms with Crippen LogP contribution in [0.15, 0.2) is 88.3 Å². The molecule has 0 radical (unpaired) electrons. The van der Waals surface area contributed by atoms with E-state index in [1.54, 1.807) is 67.2 Å². The summed E-state index contributed by atoms with van der Waals surface area (Å²) < 4.78 is 74.0. The van der Waals surface area contributed by atoms with Gasteiger partial charge in [-0.3, -0.25) is 0 Å². The van der Waals surface area contributed by atoms with Crippen LogP contribution in [0, 0.1) is 6.92 Å². The number of aromatic nitrogens is 3. The van der Waals surface area contributed by atoms with Gasteiger partial charge in [0.05, 0.1) is 22.4 Å². The molecule has 0 aliphatic carbocycles.